The lowest BCUT2D eigenvalue weighted by Crippen LogP contribution is -2.63. The molecule has 0 radical (unpaired) electrons. The standard InChI is InChI=1S/C24H27NO9/c1-9(27)15-20(30)18(25(2)3)13-6-10-5-12-17(14(28)7-11(8-26)21(12)34-4)19(29)16(10)23(32)24(13,33)22(15)31/h7,10,13,18,26,28,30,32-33H,5-6,8H2,1-4H3/t10-,13-,18-,24+/m0/s1. The van der Waals surface area contributed by atoms with E-state index in [0.717, 1.165) is 6.92 Å². The number of allylic oxidation sites excluding steroid dienone is 1. The van der Waals surface area contributed by atoms with E-state index in [1.165, 1.54) is 18.1 Å². The maximum atomic E-state index is 13.5. The van der Waals surface area contributed by atoms with E-state index in [2.05, 4.69) is 0 Å². The van der Waals surface area contributed by atoms with Gasteiger partial charge in [-0.2, -0.15) is 0 Å². The largest absolute Gasteiger partial charge is 0.510 e. The Bertz CT molecular complexity index is 1200. The fourth-order valence-corrected chi connectivity index (χ4v) is 5.84. The summed E-state index contributed by atoms with van der Waals surface area (Å²) in [6, 6.07) is 0.205. The number of carbonyl (C=O) groups excluding carboxylic acids is 3. The molecular weight excluding hydrogens is 446 g/mol. The van der Waals surface area contributed by atoms with Gasteiger partial charge in [-0.3, -0.25) is 19.3 Å². The van der Waals surface area contributed by atoms with Crippen molar-refractivity contribution in [2.75, 3.05) is 21.2 Å². The van der Waals surface area contributed by atoms with Gasteiger partial charge in [0.25, 0.3) is 0 Å². The van der Waals surface area contributed by atoms with Gasteiger partial charge >= 0.3 is 0 Å². The van der Waals surface area contributed by atoms with Crippen molar-refractivity contribution in [3.63, 3.8) is 0 Å². The molecule has 0 aromatic heterocycles. The number of Topliss-reactive ketones (excluding diaryl/α,β-unsaturated/α-hetero) is 3. The van der Waals surface area contributed by atoms with Crippen LogP contribution in [0.1, 0.15) is 34.8 Å². The number of ether oxygens (including phenoxy) is 1. The first-order valence-electron chi connectivity index (χ1n) is 10.8. The van der Waals surface area contributed by atoms with E-state index in [1.54, 1.807) is 14.1 Å². The Balaban J connectivity index is 1.98. The quantitative estimate of drug-likeness (QED) is 0.394. The Morgan fingerprint density at radius 1 is 1.24 bits per heavy atom. The summed E-state index contributed by atoms with van der Waals surface area (Å²) in [7, 11) is 4.56. The van der Waals surface area contributed by atoms with Crippen molar-refractivity contribution in [3.8, 4) is 11.5 Å². The summed E-state index contributed by atoms with van der Waals surface area (Å²) < 4.78 is 5.41. The molecule has 5 N–H and O–H groups in total. The first-order chi connectivity index (χ1) is 15.9. The summed E-state index contributed by atoms with van der Waals surface area (Å²) in [5.41, 5.74) is -2.98. The number of phenols is 1. The Kier molecular flexibility index (Phi) is 5.58. The number of hydrogen-bond donors (Lipinski definition) is 5. The fourth-order valence-electron chi connectivity index (χ4n) is 5.84. The minimum atomic E-state index is -2.61. The molecule has 0 saturated heterocycles. The zero-order chi connectivity index (χ0) is 25.3. The van der Waals surface area contributed by atoms with Crippen LogP contribution in [0, 0.1) is 11.8 Å². The second kappa shape index (κ2) is 7.93. The van der Waals surface area contributed by atoms with Gasteiger partial charge in [0.05, 0.1) is 25.3 Å². The summed E-state index contributed by atoms with van der Waals surface area (Å²) in [4.78, 5) is 40.5. The Morgan fingerprint density at radius 3 is 2.41 bits per heavy atom. The highest BCUT2D eigenvalue weighted by Gasteiger charge is 2.63. The molecule has 34 heavy (non-hydrogen) atoms. The van der Waals surface area contributed by atoms with E-state index >= 15 is 0 Å². The van der Waals surface area contributed by atoms with Crippen LogP contribution in [0.4, 0.5) is 0 Å². The van der Waals surface area contributed by atoms with Crippen LogP contribution in [-0.2, 0) is 22.6 Å². The lowest BCUT2D eigenvalue weighted by Gasteiger charge is -2.50. The maximum Gasteiger partial charge on any atom is 0.209 e. The normalized spacial score (nSPS) is 28.6. The average Bonchev–Trinajstić information content (AvgIpc) is 2.75. The highest BCUT2D eigenvalue weighted by molar-refractivity contribution is 6.25. The highest BCUT2D eigenvalue weighted by Crippen LogP contribution is 2.53. The van der Waals surface area contributed by atoms with Crippen LogP contribution in [0.3, 0.4) is 0 Å². The first kappa shape index (κ1) is 23.9. The average molecular weight is 473 g/mol. The summed E-state index contributed by atoms with van der Waals surface area (Å²) in [5.74, 6) is -6.05. The van der Waals surface area contributed by atoms with Gasteiger partial charge in [0.15, 0.2) is 17.2 Å². The number of methoxy groups -OCH3 is 1. The van der Waals surface area contributed by atoms with Gasteiger partial charge in [-0.15, -0.1) is 0 Å². The lowest BCUT2D eigenvalue weighted by atomic mass is 9.58. The van der Waals surface area contributed by atoms with Crippen molar-refractivity contribution in [2.24, 2.45) is 11.8 Å². The number of fused-ring (bicyclic) bond motifs is 3. The van der Waals surface area contributed by atoms with Crippen LogP contribution in [0.25, 0.3) is 0 Å². The molecule has 1 aromatic carbocycles. The van der Waals surface area contributed by atoms with Crippen LogP contribution >= 0.6 is 0 Å². The molecule has 0 fully saturated rings. The number of ketones is 3. The van der Waals surface area contributed by atoms with Crippen LogP contribution in [0.5, 0.6) is 11.5 Å². The molecule has 1 aromatic rings. The Morgan fingerprint density at radius 2 is 1.88 bits per heavy atom. The number of aliphatic hydroxyl groups is 4. The molecule has 0 heterocycles. The molecular formula is C24H27NO9. The number of nitrogens with zero attached hydrogens (tertiary/aromatic N) is 1. The second-order valence-corrected chi connectivity index (χ2v) is 9.25. The number of aliphatic hydroxyl groups excluding tert-OH is 3. The smallest absolute Gasteiger partial charge is 0.209 e. The van der Waals surface area contributed by atoms with Crippen molar-refractivity contribution >= 4 is 17.3 Å². The molecule has 4 atom stereocenters. The number of likely N-dealkylation sites (N-methyl/N-ethyl adjacent to an activating group) is 1. The zero-order valence-electron chi connectivity index (χ0n) is 19.2. The van der Waals surface area contributed by atoms with Crippen LogP contribution in [0.15, 0.2) is 28.7 Å². The maximum absolute atomic E-state index is 13.5. The summed E-state index contributed by atoms with van der Waals surface area (Å²) in [6.45, 7) is 0.629. The van der Waals surface area contributed by atoms with Gasteiger partial charge in [-0.25, -0.2) is 0 Å². The van der Waals surface area contributed by atoms with Gasteiger partial charge in [0, 0.05) is 22.6 Å². The number of carbonyl (C=O) groups is 3. The Hall–Kier alpha value is -3.21. The summed E-state index contributed by atoms with van der Waals surface area (Å²) in [5, 5.41) is 53.8. The molecule has 0 amide bonds. The molecule has 0 saturated carbocycles. The zero-order valence-corrected chi connectivity index (χ0v) is 19.2. The fraction of sp³-hybridized carbons (Fsp3) is 0.458. The molecule has 3 aliphatic carbocycles. The Labute approximate surface area is 195 Å². The van der Waals surface area contributed by atoms with Crippen molar-refractivity contribution < 1.29 is 44.7 Å². The van der Waals surface area contributed by atoms with Crippen LogP contribution in [0.2, 0.25) is 0 Å². The molecule has 0 bridgehead atoms. The lowest BCUT2D eigenvalue weighted by molar-refractivity contribution is -0.148. The van der Waals surface area contributed by atoms with Gasteiger partial charge in [-0.05, 0) is 45.8 Å². The second-order valence-electron chi connectivity index (χ2n) is 9.25. The molecule has 0 unspecified atom stereocenters. The SMILES string of the molecule is COc1c(CO)cc(O)c2c1C[C@H]1C[C@H]3[C@H](N(C)C)C(O)=C(C(C)=O)C(=O)[C@@]3(O)C(O)=C1C2=O. The van der Waals surface area contributed by atoms with Gasteiger partial charge < -0.3 is 30.3 Å². The minimum Gasteiger partial charge on any atom is -0.510 e. The number of benzene rings is 1. The number of aromatic hydroxyl groups is 1. The first-order valence-corrected chi connectivity index (χ1v) is 10.8. The van der Waals surface area contributed by atoms with Gasteiger partial charge in [0.1, 0.15) is 28.6 Å². The molecule has 10 heteroatoms. The van der Waals surface area contributed by atoms with E-state index in [-0.39, 0.29) is 35.3 Å². The third-order valence-corrected chi connectivity index (χ3v) is 7.23. The molecule has 0 aliphatic heterocycles. The van der Waals surface area contributed by atoms with Crippen molar-refractivity contribution in [3.05, 3.63) is 45.4 Å². The number of hydrogen-bond acceptors (Lipinski definition) is 10. The van der Waals surface area contributed by atoms with Crippen molar-refractivity contribution in [2.45, 2.75) is 38.0 Å². The predicted molar refractivity (Wildman–Crippen MR) is 118 cm³/mol. The predicted octanol–water partition coefficient (Wildman–Crippen LogP) is 0.725. The van der Waals surface area contributed by atoms with Gasteiger partial charge in [-0.1, -0.05) is 0 Å². The molecule has 182 valence electrons. The van der Waals surface area contributed by atoms with E-state index < -0.39 is 70.3 Å². The van der Waals surface area contributed by atoms with E-state index in [0.29, 0.717) is 5.56 Å². The third-order valence-electron chi connectivity index (χ3n) is 7.23. The summed E-state index contributed by atoms with van der Waals surface area (Å²) >= 11 is 0. The molecule has 0 spiro atoms. The molecule has 10 nitrogen and oxygen atoms in total. The van der Waals surface area contributed by atoms with Crippen molar-refractivity contribution in [1.29, 1.82) is 0 Å². The van der Waals surface area contributed by atoms with Crippen LogP contribution < -0.4 is 4.74 Å². The van der Waals surface area contributed by atoms with Crippen LogP contribution in [-0.4, -0.2) is 80.6 Å². The topological polar surface area (TPSA) is 165 Å². The number of phenolic OH excluding ortho intramolecular Hbond substituents is 1. The summed E-state index contributed by atoms with van der Waals surface area (Å²) in [6.07, 6.45) is 0.119. The minimum absolute atomic E-state index is 0.0121. The third kappa shape index (κ3) is 2.95. The van der Waals surface area contributed by atoms with Gasteiger partial charge in [0.2, 0.25) is 5.78 Å². The molecule has 3 aliphatic rings. The highest BCUT2D eigenvalue weighted by atomic mass is 16.5. The number of rotatable bonds is 4. The van der Waals surface area contributed by atoms with E-state index in [1.807, 2.05) is 0 Å². The monoisotopic (exact) mass is 473 g/mol. The molecule has 4 rings (SSSR count). The van der Waals surface area contributed by atoms with Crippen molar-refractivity contribution in [1.82, 2.24) is 4.90 Å². The van der Waals surface area contributed by atoms with E-state index in [4.69, 9.17) is 4.74 Å². The van der Waals surface area contributed by atoms with E-state index in [9.17, 15) is 39.9 Å².